The molecule has 102 valence electrons. The van der Waals surface area contributed by atoms with E-state index in [0.29, 0.717) is 12.0 Å². The minimum Gasteiger partial charge on any atom is -0.339 e. The number of nitrogens with one attached hydrogen (secondary N) is 1. The number of hydrogen-bond acceptors (Lipinski definition) is 4. The lowest BCUT2D eigenvalue weighted by Crippen LogP contribution is -2.29. The Morgan fingerprint density at radius 2 is 1.89 bits per heavy atom. The van der Waals surface area contributed by atoms with Crippen molar-refractivity contribution in [2.75, 3.05) is 7.05 Å². The van der Waals surface area contributed by atoms with Crippen molar-refractivity contribution in [1.82, 2.24) is 15.5 Å². The van der Waals surface area contributed by atoms with Crippen LogP contribution in [0.1, 0.15) is 64.1 Å². The Hall–Kier alpha value is -0.900. The molecule has 4 nitrogen and oxygen atoms in total. The van der Waals surface area contributed by atoms with Crippen LogP contribution in [0, 0.1) is 5.41 Å². The van der Waals surface area contributed by atoms with Gasteiger partial charge in [0.05, 0.1) is 0 Å². The van der Waals surface area contributed by atoms with E-state index in [1.807, 2.05) is 7.05 Å². The number of aromatic nitrogens is 2. The predicted molar refractivity (Wildman–Crippen MR) is 71.5 cm³/mol. The van der Waals surface area contributed by atoms with Crippen molar-refractivity contribution in [3.63, 3.8) is 0 Å². The monoisotopic (exact) mass is 251 g/mol. The van der Waals surface area contributed by atoms with Crippen LogP contribution in [-0.2, 0) is 6.42 Å². The lowest BCUT2D eigenvalue weighted by Gasteiger charge is -2.25. The van der Waals surface area contributed by atoms with Gasteiger partial charge in [0.2, 0.25) is 5.89 Å². The second kappa shape index (κ2) is 5.39. The smallest absolute Gasteiger partial charge is 0.229 e. The van der Waals surface area contributed by atoms with Crippen molar-refractivity contribution in [3.05, 3.63) is 11.7 Å². The van der Waals surface area contributed by atoms with Gasteiger partial charge in [0, 0.05) is 18.4 Å². The number of nitrogens with zero attached hydrogens (tertiary/aromatic N) is 2. The standard InChI is InChI=1S/C14H25N3O/c1-14(2,3)9-12-16-13(18-17-12)10-5-7-11(15-4)8-6-10/h10-11,15H,5-9H2,1-4H3. The first-order valence-corrected chi connectivity index (χ1v) is 6.97. The van der Waals surface area contributed by atoms with Crippen LogP contribution in [0.5, 0.6) is 0 Å². The highest BCUT2D eigenvalue weighted by atomic mass is 16.5. The lowest BCUT2D eigenvalue weighted by atomic mass is 9.86. The summed E-state index contributed by atoms with van der Waals surface area (Å²) in [6.07, 6.45) is 5.60. The maximum Gasteiger partial charge on any atom is 0.229 e. The zero-order valence-electron chi connectivity index (χ0n) is 12.0. The molecule has 1 N–H and O–H groups in total. The van der Waals surface area contributed by atoms with Crippen LogP contribution in [0.3, 0.4) is 0 Å². The van der Waals surface area contributed by atoms with Gasteiger partial charge >= 0.3 is 0 Å². The van der Waals surface area contributed by atoms with Crippen LogP contribution in [0.25, 0.3) is 0 Å². The topological polar surface area (TPSA) is 51.0 Å². The first kappa shape index (κ1) is 13.5. The highest BCUT2D eigenvalue weighted by Gasteiger charge is 2.26. The molecule has 4 heteroatoms. The van der Waals surface area contributed by atoms with Gasteiger partial charge in [-0.05, 0) is 38.1 Å². The van der Waals surface area contributed by atoms with Crippen LogP contribution in [0.2, 0.25) is 0 Å². The second-order valence-electron chi connectivity index (χ2n) is 6.62. The minimum absolute atomic E-state index is 0.213. The van der Waals surface area contributed by atoms with E-state index in [1.165, 1.54) is 12.8 Å². The molecule has 18 heavy (non-hydrogen) atoms. The third-order valence-electron chi connectivity index (χ3n) is 3.66. The third kappa shape index (κ3) is 3.55. The Balaban J connectivity index is 1.94. The van der Waals surface area contributed by atoms with Gasteiger partial charge in [-0.3, -0.25) is 0 Å². The summed E-state index contributed by atoms with van der Waals surface area (Å²) in [6, 6.07) is 0.665. The molecule has 1 aliphatic rings. The van der Waals surface area contributed by atoms with E-state index < -0.39 is 0 Å². The molecule has 0 radical (unpaired) electrons. The van der Waals surface area contributed by atoms with Crippen LogP contribution in [0.15, 0.2) is 4.52 Å². The molecule has 0 unspecified atom stereocenters. The number of rotatable bonds is 3. The molecule has 0 spiro atoms. The molecule has 0 aromatic carbocycles. The Morgan fingerprint density at radius 3 is 2.44 bits per heavy atom. The first-order chi connectivity index (χ1) is 8.48. The molecule has 1 heterocycles. The molecular formula is C14H25N3O. The fraction of sp³-hybridized carbons (Fsp3) is 0.857. The summed E-state index contributed by atoms with van der Waals surface area (Å²) in [7, 11) is 2.04. The summed E-state index contributed by atoms with van der Waals surface area (Å²) in [5.41, 5.74) is 0.213. The largest absolute Gasteiger partial charge is 0.339 e. The van der Waals surface area contributed by atoms with Gasteiger partial charge in [0.25, 0.3) is 0 Å². The van der Waals surface area contributed by atoms with Crippen LogP contribution >= 0.6 is 0 Å². The van der Waals surface area contributed by atoms with Gasteiger partial charge in [-0.15, -0.1) is 0 Å². The van der Waals surface area contributed by atoms with E-state index in [1.54, 1.807) is 0 Å². The molecule has 0 atom stereocenters. The average Bonchev–Trinajstić information content (AvgIpc) is 2.75. The zero-order valence-corrected chi connectivity index (χ0v) is 12.0. The Kier molecular flexibility index (Phi) is 4.05. The molecule has 1 aromatic rings. The summed E-state index contributed by atoms with van der Waals surface area (Å²) in [6.45, 7) is 6.59. The van der Waals surface area contributed by atoms with Gasteiger partial charge in [-0.1, -0.05) is 25.9 Å². The molecule has 0 saturated heterocycles. The molecule has 0 bridgehead atoms. The summed E-state index contributed by atoms with van der Waals surface area (Å²) in [4.78, 5) is 4.57. The zero-order chi connectivity index (χ0) is 13.2. The Labute approximate surface area is 110 Å². The molecule has 1 saturated carbocycles. The maximum absolute atomic E-state index is 5.44. The van der Waals surface area contributed by atoms with E-state index in [-0.39, 0.29) is 5.41 Å². The molecule has 2 rings (SSSR count). The fourth-order valence-electron chi connectivity index (χ4n) is 2.61. The molecule has 0 amide bonds. The lowest BCUT2D eigenvalue weighted by molar-refractivity contribution is 0.286. The second-order valence-corrected chi connectivity index (χ2v) is 6.62. The first-order valence-electron chi connectivity index (χ1n) is 6.97. The molecule has 1 fully saturated rings. The van der Waals surface area contributed by atoms with E-state index in [2.05, 4.69) is 36.2 Å². The van der Waals surface area contributed by atoms with Gasteiger partial charge in [0.15, 0.2) is 5.82 Å². The van der Waals surface area contributed by atoms with Crippen molar-refractivity contribution in [2.45, 2.75) is 64.8 Å². The summed E-state index contributed by atoms with van der Waals surface area (Å²) >= 11 is 0. The van der Waals surface area contributed by atoms with Crippen molar-refractivity contribution < 1.29 is 4.52 Å². The summed E-state index contributed by atoms with van der Waals surface area (Å²) in [5, 5.41) is 7.46. The van der Waals surface area contributed by atoms with E-state index in [4.69, 9.17) is 4.52 Å². The van der Waals surface area contributed by atoms with E-state index in [0.717, 1.165) is 31.0 Å². The highest BCUT2D eigenvalue weighted by Crippen LogP contribution is 2.32. The van der Waals surface area contributed by atoms with E-state index >= 15 is 0 Å². The van der Waals surface area contributed by atoms with Crippen molar-refractivity contribution in [1.29, 1.82) is 0 Å². The molecule has 1 aromatic heterocycles. The number of hydrogen-bond donors (Lipinski definition) is 1. The summed E-state index contributed by atoms with van der Waals surface area (Å²) in [5.74, 6) is 2.17. The Morgan fingerprint density at radius 1 is 1.22 bits per heavy atom. The quantitative estimate of drug-likeness (QED) is 0.897. The van der Waals surface area contributed by atoms with Gasteiger partial charge in [-0.25, -0.2) is 0 Å². The van der Waals surface area contributed by atoms with Crippen molar-refractivity contribution in [3.8, 4) is 0 Å². The van der Waals surface area contributed by atoms with Crippen molar-refractivity contribution >= 4 is 0 Å². The molecule has 1 aliphatic carbocycles. The Bertz CT molecular complexity index is 373. The SMILES string of the molecule is CNC1CCC(c2nc(CC(C)(C)C)no2)CC1. The fourth-order valence-corrected chi connectivity index (χ4v) is 2.61. The van der Waals surface area contributed by atoms with Gasteiger partial charge in [0.1, 0.15) is 0 Å². The normalized spacial score (nSPS) is 25.3. The average molecular weight is 251 g/mol. The van der Waals surface area contributed by atoms with Gasteiger partial charge in [-0.2, -0.15) is 4.98 Å². The molecule has 0 aliphatic heterocycles. The maximum atomic E-state index is 5.44. The highest BCUT2D eigenvalue weighted by molar-refractivity contribution is 4.98. The van der Waals surface area contributed by atoms with Gasteiger partial charge < -0.3 is 9.84 Å². The predicted octanol–water partition coefficient (Wildman–Crippen LogP) is 2.90. The van der Waals surface area contributed by atoms with E-state index in [9.17, 15) is 0 Å². The van der Waals surface area contributed by atoms with Crippen LogP contribution in [0.4, 0.5) is 0 Å². The van der Waals surface area contributed by atoms with Crippen molar-refractivity contribution in [2.24, 2.45) is 5.41 Å². The minimum atomic E-state index is 0.213. The van der Waals surface area contributed by atoms with Crippen LogP contribution in [-0.4, -0.2) is 23.2 Å². The third-order valence-corrected chi connectivity index (χ3v) is 3.66. The summed E-state index contributed by atoms with van der Waals surface area (Å²) < 4.78 is 5.44. The molecular weight excluding hydrogens is 226 g/mol. The van der Waals surface area contributed by atoms with Crippen LogP contribution < -0.4 is 5.32 Å².